The summed E-state index contributed by atoms with van der Waals surface area (Å²) in [4.78, 5) is 25.3. The standard InChI is InChI=1S/C14H19N3O4/c1-17-9-3-2-4-10(17)6-8(5-9)15-13(18)11-7-12(14(19)20)21-16-11/h7-10H,2-6H2,1H3,(H,15,18)(H,19,20). The summed E-state index contributed by atoms with van der Waals surface area (Å²) in [7, 11) is 2.16. The third kappa shape index (κ3) is 2.78. The van der Waals surface area contributed by atoms with Crippen LogP contribution in [0.5, 0.6) is 0 Å². The molecule has 3 heterocycles. The van der Waals surface area contributed by atoms with Crippen LogP contribution in [0.25, 0.3) is 0 Å². The topological polar surface area (TPSA) is 95.7 Å². The van der Waals surface area contributed by atoms with Crippen molar-refractivity contribution in [2.45, 2.75) is 50.2 Å². The summed E-state index contributed by atoms with van der Waals surface area (Å²) in [6.07, 6.45) is 5.47. The van der Waals surface area contributed by atoms with Crippen LogP contribution in [-0.2, 0) is 0 Å². The van der Waals surface area contributed by atoms with E-state index in [2.05, 4.69) is 26.9 Å². The van der Waals surface area contributed by atoms with Crippen LogP contribution in [0, 0.1) is 0 Å². The first kappa shape index (κ1) is 14.1. The van der Waals surface area contributed by atoms with Crippen LogP contribution in [0.1, 0.15) is 53.1 Å². The lowest BCUT2D eigenvalue weighted by Crippen LogP contribution is -2.55. The molecule has 2 aliphatic heterocycles. The molecule has 1 amide bonds. The Morgan fingerprint density at radius 1 is 1.38 bits per heavy atom. The van der Waals surface area contributed by atoms with Crippen LogP contribution < -0.4 is 5.32 Å². The largest absolute Gasteiger partial charge is 0.475 e. The van der Waals surface area contributed by atoms with E-state index in [1.165, 1.54) is 19.3 Å². The Labute approximate surface area is 122 Å². The van der Waals surface area contributed by atoms with Gasteiger partial charge in [-0.3, -0.25) is 4.79 Å². The highest BCUT2D eigenvalue weighted by Crippen LogP contribution is 2.32. The molecule has 1 aromatic rings. The number of aromatic nitrogens is 1. The third-order valence-corrected chi connectivity index (χ3v) is 4.63. The summed E-state index contributed by atoms with van der Waals surface area (Å²) in [5.74, 6) is -1.91. The highest BCUT2D eigenvalue weighted by Gasteiger charge is 2.36. The average Bonchev–Trinajstić information content (AvgIpc) is 2.90. The molecule has 1 aromatic heterocycles. The Hall–Kier alpha value is -1.89. The van der Waals surface area contributed by atoms with Crippen molar-refractivity contribution in [1.29, 1.82) is 0 Å². The van der Waals surface area contributed by atoms with Crippen LogP contribution >= 0.6 is 0 Å². The minimum absolute atomic E-state index is 0.0245. The van der Waals surface area contributed by atoms with Crippen molar-refractivity contribution in [3.63, 3.8) is 0 Å². The van der Waals surface area contributed by atoms with Gasteiger partial charge in [-0.05, 0) is 32.7 Å². The minimum Gasteiger partial charge on any atom is -0.475 e. The zero-order valence-corrected chi connectivity index (χ0v) is 11.9. The van der Waals surface area contributed by atoms with Crippen molar-refractivity contribution in [2.75, 3.05) is 7.05 Å². The number of fused-ring (bicyclic) bond motifs is 2. The molecule has 114 valence electrons. The van der Waals surface area contributed by atoms with E-state index in [4.69, 9.17) is 5.11 Å². The molecule has 2 aliphatic rings. The van der Waals surface area contributed by atoms with Crippen molar-refractivity contribution in [1.82, 2.24) is 15.4 Å². The minimum atomic E-state index is -1.23. The maximum atomic E-state index is 12.1. The Morgan fingerprint density at radius 2 is 2.05 bits per heavy atom. The fourth-order valence-electron chi connectivity index (χ4n) is 3.48. The van der Waals surface area contributed by atoms with Crippen LogP contribution in [-0.4, -0.2) is 52.2 Å². The lowest BCUT2D eigenvalue weighted by Gasteiger charge is -2.47. The summed E-state index contributed by atoms with van der Waals surface area (Å²) in [6, 6.07) is 2.33. The predicted molar refractivity (Wildman–Crippen MR) is 73.1 cm³/mol. The highest BCUT2D eigenvalue weighted by atomic mass is 16.5. The number of carboxylic acid groups (broad SMARTS) is 1. The molecular formula is C14H19N3O4. The van der Waals surface area contributed by atoms with E-state index in [-0.39, 0.29) is 23.4 Å². The Balaban J connectivity index is 1.63. The molecule has 2 unspecified atom stereocenters. The van der Waals surface area contributed by atoms with Gasteiger partial charge in [-0.2, -0.15) is 0 Å². The van der Waals surface area contributed by atoms with Crippen LogP contribution in [0.3, 0.4) is 0 Å². The van der Waals surface area contributed by atoms with Gasteiger partial charge in [0.25, 0.3) is 5.91 Å². The van der Waals surface area contributed by atoms with Crippen molar-refractivity contribution in [2.24, 2.45) is 0 Å². The van der Waals surface area contributed by atoms with E-state index in [1.54, 1.807) is 0 Å². The Kier molecular flexibility index (Phi) is 3.67. The number of carbonyl (C=O) groups excluding carboxylic acids is 1. The molecule has 2 saturated heterocycles. The fourth-order valence-corrected chi connectivity index (χ4v) is 3.48. The maximum absolute atomic E-state index is 12.1. The van der Waals surface area contributed by atoms with Crippen molar-refractivity contribution in [3.8, 4) is 0 Å². The zero-order chi connectivity index (χ0) is 15.0. The predicted octanol–water partition coefficient (Wildman–Crippen LogP) is 1.12. The second kappa shape index (κ2) is 5.48. The number of hydrogen-bond donors (Lipinski definition) is 2. The van der Waals surface area contributed by atoms with Crippen molar-refractivity contribution < 1.29 is 19.2 Å². The smallest absolute Gasteiger partial charge is 0.374 e. The number of rotatable bonds is 3. The number of nitrogens with one attached hydrogen (secondary N) is 1. The molecule has 0 saturated carbocycles. The first-order valence-electron chi connectivity index (χ1n) is 7.27. The number of aromatic carboxylic acids is 1. The van der Waals surface area contributed by atoms with Crippen molar-refractivity contribution >= 4 is 11.9 Å². The quantitative estimate of drug-likeness (QED) is 0.867. The number of hydrogen-bond acceptors (Lipinski definition) is 5. The number of carbonyl (C=O) groups is 2. The average molecular weight is 293 g/mol. The second-order valence-electron chi connectivity index (χ2n) is 5.93. The van der Waals surface area contributed by atoms with Gasteiger partial charge in [0.05, 0.1) is 0 Å². The number of nitrogens with zero attached hydrogens (tertiary/aromatic N) is 2. The van der Waals surface area contributed by atoms with E-state index in [0.717, 1.165) is 18.9 Å². The van der Waals surface area contributed by atoms with E-state index in [0.29, 0.717) is 12.1 Å². The monoisotopic (exact) mass is 293 g/mol. The number of carboxylic acids is 1. The molecule has 7 nitrogen and oxygen atoms in total. The fraction of sp³-hybridized carbons (Fsp3) is 0.643. The summed E-state index contributed by atoms with van der Waals surface area (Å²) in [6.45, 7) is 0. The van der Waals surface area contributed by atoms with Crippen molar-refractivity contribution in [3.05, 3.63) is 17.5 Å². The molecule has 7 heteroatoms. The summed E-state index contributed by atoms with van der Waals surface area (Å²) in [5.41, 5.74) is 0.0245. The number of piperidine rings is 2. The Bertz CT molecular complexity index is 542. The zero-order valence-electron chi connectivity index (χ0n) is 11.9. The lowest BCUT2D eigenvalue weighted by atomic mass is 9.82. The molecule has 2 bridgehead atoms. The molecule has 21 heavy (non-hydrogen) atoms. The molecule has 0 radical (unpaired) electrons. The molecule has 2 atom stereocenters. The molecule has 3 rings (SSSR count). The number of amides is 1. The summed E-state index contributed by atoms with van der Waals surface area (Å²) in [5, 5.41) is 15.2. The van der Waals surface area contributed by atoms with E-state index < -0.39 is 5.97 Å². The summed E-state index contributed by atoms with van der Waals surface area (Å²) < 4.78 is 4.61. The highest BCUT2D eigenvalue weighted by molar-refractivity contribution is 5.94. The first-order valence-corrected chi connectivity index (χ1v) is 7.27. The molecule has 0 aliphatic carbocycles. The van der Waals surface area contributed by atoms with Crippen LogP contribution in [0.2, 0.25) is 0 Å². The molecule has 2 N–H and O–H groups in total. The molecule has 2 fully saturated rings. The maximum Gasteiger partial charge on any atom is 0.374 e. The van der Waals surface area contributed by atoms with E-state index in [9.17, 15) is 9.59 Å². The third-order valence-electron chi connectivity index (χ3n) is 4.63. The van der Waals surface area contributed by atoms with Crippen LogP contribution in [0.15, 0.2) is 10.6 Å². The van der Waals surface area contributed by atoms with Gasteiger partial charge in [0.15, 0.2) is 5.69 Å². The van der Waals surface area contributed by atoms with Crippen LogP contribution in [0.4, 0.5) is 0 Å². The van der Waals surface area contributed by atoms with Gasteiger partial charge < -0.3 is 19.8 Å². The van der Waals surface area contributed by atoms with Gasteiger partial charge in [-0.25, -0.2) is 4.79 Å². The molecular weight excluding hydrogens is 274 g/mol. The second-order valence-corrected chi connectivity index (χ2v) is 5.93. The normalized spacial score (nSPS) is 29.1. The molecule has 0 aromatic carbocycles. The van der Waals surface area contributed by atoms with Gasteiger partial charge in [0, 0.05) is 24.2 Å². The SMILES string of the molecule is CN1C2CCCC1CC(NC(=O)c1cc(C(=O)O)on1)C2. The van der Waals surface area contributed by atoms with Gasteiger partial charge in [0.2, 0.25) is 5.76 Å². The lowest BCUT2D eigenvalue weighted by molar-refractivity contribution is 0.0460. The van der Waals surface area contributed by atoms with E-state index in [1.807, 2.05) is 0 Å². The van der Waals surface area contributed by atoms with Gasteiger partial charge in [-0.1, -0.05) is 11.6 Å². The Morgan fingerprint density at radius 3 is 2.62 bits per heavy atom. The first-order chi connectivity index (χ1) is 10.0. The molecule has 0 spiro atoms. The van der Waals surface area contributed by atoms with Gasteiger partial charge >= 0.3 is 5.97 Å². The summed E-state index contributed by atoms with van der Waals surface area (Å²) >= 11 is 0. The van der Waals surface area contributed by atoms with Gasteiger partial charge in [-0.15, -0.1) is 0 Å². The van der Waals surface area contributed by atoms with Gasteiger partial charge in [0.1, 0.15) is 0 Å². The van der Waals surface area contributed by atoms with E-state index >= 15 is 0 Å².